The Morgan fingerprint density at radius 3 is 1.36 bits per heavy atom. The van der Waals surface area contributed by atoms with Gasteiger partial charge < -0.3 is 49.6 Å². The first-order valence-corrected chi connectivity index (χ1v) is 21.9. The third-order valence-corrected chi connectivity index (χ3v) is 11.3. The van der Waals surface area contributed by atoms with Gasteiger partial charge >= 0.3 is 11.9 Å². The number of carboxylic acids is 2. The van der Waals surface area contributed by atoms with Crippen molar-refractivity contribution in [3.63, 3.8) is 0 Å². The molecule has 4 amide bonds. The van der Waals surface area contributed by atoms with Gasteiger partial charge in [-0.05, 0) is 47.5 Å². The Morgan fingerprint density at radius 1 is 0.625 bits per heavy atom. The summed E-state index contributed by atoms with van der Waals surface area (Å²) < 4.78 is 22.3. The first-order valence-electron chi connectivity index (χ1n) is 19.8. The van der Waals surface area contributed by atoms with Gasteiger partial charge in [0.1, 0.15) is 36.8 Å². The Balaban J connectivity index is 0.000000240. The number of rotatable bonds is 18. The lowest BCUT2D eigenvalue weighted by Crippen LogP contribution is -2.40. The van der Waals surface area contributed by atoms with Crippen LogP contribution < -0.4 is 29.6 Å². The van der Waals surface area contributed by atoms with Gasteiger partial charge in [0.15, 0.2) is 23.0 Å². The first-order chi connectivity index (χ1) is 31.0. The number of carboxylic acid groups (broad SMARTS) is 2. The van der Waals surface area contributed by atoms with Crippen LogP contribution in [-0.2, 0) is 41.9 Å². The number of amides is 4. The number of carbonyl (C=O) groups is 6. The standard InChI is InChI=1S/2C20H23N3O4S.C4H4O4/c2*1-26-16-6-2-3-7-17(16)27-14-20-23(9-10-28-20)19(25)11-18(24)22-13-15-5-4-8-21-12-15;5-3(6)1-2-4(7)8/h2*2-8,12,20H,9-11,13-14H2,1H3,(H,22,24);1-2H,(H,5,6)(H,7,8)/b;;2-1+. The molecule has 4 N–H and O–H groups in total. The van der Waals surface area contributed by atoms with Crippen LogP contribution in [0.5, 0.6) is 23.0 Å². The van der Waals surface area contributed by atoms with Crippen molar-refractivity contribution in [2.45, 2.75) is 36.7 Å². The number of carbonyl (C=O) groups excluding carboxylic acids is 4. The van der Waals surface area contributed by atoms with Gasteiger partial charge in [-0.15, -0.1) is 23.5 Å². The molecule has 0 aliphatic carbocycles. The van der Waals surface area contributed by atoms with Crippen molar-refractivity contribution >= 4 is 59.1 Å². The molecule has 0 radical (unpaired) electrons. The Bertz CT molecular complexity index is 2020. The van der Waals surface area contributed by atoms with Crippen LogP contribution in [0.25, 0.3) is 0 Å². The van der Waals surface area contributed by atoms with Crippen LogP contribution in [-0.4, -0.2) is 128 Å². The van der Waals surface area contributed by atoms with E-state index in [4.69, 9.17) is 29.2 Å². The zero-order valence-electron chi connectivity index (χ0n) is 35.2. The number of para-hydroxylation sites is 4. The fourth-order valence-electron chi connectivity index (χ4n) is 5.84. The van der Waals surface area contributed by atoms with Gasteiger partial charge in [0.05, 0.1) is 14.2 Å². The van der Waals surface area contributed by atoms with Crippen molar-refractivity contribution < 1.29 is 57.9 Å². The number of aromatic nitrogens is 2. The molecular weight excluding hydrogens is 869 g/mol. The van der Waals surface area contributed by atoms with Crippen molar-refractivity contribution in [3.05, 3.63) is 121 Å². The highest BCUT2D eigenvalue weighted by Gasteiger charge is 2.32. The van der Waals surface area contributed by atoms with Crippen molar-refractivity contribution in [2.75, 3.05) is 52.0 Å². The summed E-state index contributed by atoms with van der Waals surface area (Å²) in [5, 5.41) is 20.9. The van der Waals surface area contributed by atoms with Crippen molar-refractivity contribution in [1.82, 2.24) is 30.4 Å². The van der Waals surface area contributed by atoms with Gasteiger partial charge in [0.25, 0.3) is 0 Å². The lowest BCUT2D eigenvalue weighted by Gasteiger charge is -2.24. The van der Waals surface area contributed by atoms with Crippen LogP contribution in [0.3, 0.4) is 0 Å². The summed E-state index contributed by atoms with van der Waals surface area (Å²) in [5.74, 6) is 0.732. The minimum absolute atomic E-state index is 0.122. The molecule has 18 nitrogen and oxygen atoms in total. The molecule has 6 rings (SSSR count). The highest BCUT2D eigenvalue weighted by Crippen LogP contribution is 2.31. The molecule has 2 aromatic carbocycles. The van der Waals surface area contributed by atoms with Gasteiger partial charge in [-0.1, -0.05) is 36.4 Å². The minimum atomic E-state index is -1.26. The smallest absolute Gasteiger partial charge is 0.328 e. The zero-order chi connectivity index (χ0) is 46.1. The molecule has 2 fully saturated rings. The van der Waals surface area contributed by atoms with Gasteiger partial charge in [0.2, 0.25) is 23.6 Å². The van der Waals surface area contributed by atoms with Crippen LogP contribution in [0.1, 0.15) is 24.0 Å². The highest BCUT2D eigenvalue weighted by molar-refractivity contribution is 8.00. The molecule has 2 aromatic heterocycles. The van der Waals surface area contributed by atoms with Crippen molar-refractivity contribution in [2.24, 2.45) is 0 Å². The third kappa shape index (κ3) is 17.5. The van der Waals surface area contributed by atoms with Crippen molar-refractivity contribution in [3.8, 4) is 23.0 Å². The molecule has 2 aliphatic heterocycles. The predicted octanol–water partition coefficient (Wildman–Crippen LogP) is 3.87. The van der Waals surface area contributed by atoms with Gasteiger partial charge in [-0.25, -0.2) is 9.59 Å². The molecular formula is C44H50N6O12S2. The van der Waals surface area contributed by atoms with Gasteiger partial charge in [0, 0.05) is 74.6 Å². The van der Waals surface area contributed by atoms with E-state index in [1.54, 1.807) is 84.5 Å². The number of methoxy groups -OCH3 is 2. The Morgan fingerprint density at radius 2 is 1.02 bits per heavy atom. The third-order valence-electron chi connectivity index (χ3n) is 8.94. The second kappa shape index (κ2) is 27.3. The summed E-state index contributed by atoms with van der Waals surface area (Å²) in [6.45, 7) is 2.62. The number of thioether (sulfide) groups is 2. The summed E-state index contributed by atoms with van der Waals surface area (Å²) in [7, 11) is 3.18. The molecule has 0 bridgehead atoms. The normalized spacial score (nSPS) is 15.1. The summed E-state index contributed by atoms with van der Waals surface area (Å²) in [6.07, 6.45) is 7.48. The van der Waals surface area contributed by atoms with Gasteiger partial charge in [-0.2, -0.15) is 0 Å². The molecule has 4 heterocycles. The quantitative estimate of drug-likeness (QED) is 0.0819. The molecule has 2 unspecified atom stereocenters. The molecule has 4 aromatic rings. The fourth-order valence-corrected chi connectivity index (χ4v) is 8.12. The lowest BCUT2D eigenvalue weighted by molar-refractivity contribution is -0.138. The van der Waals surface area contributed by atoms with Crippen molar-refractivity contribution in [1.29, 1.82) is 0 Å². The maximum atomic E-state index is 12.6. The average Bonchev–Trinajstić information content (AvgIpc) is 4.00. The van der Waals surface area contributed by atoms with E-state index in [0.717, 1.165) is 22.6 Å². The molecule has 2 saturated heterocycles. The fraction of sp³-hybridized carbons (Fsp3) is 0.318. The Hall–Kier alpha value is -6.80. The maximum Gasteiger partial charge on any atom is 0.328 e. The summed E-state index contributed by atoms with van der Waals surface area (Å²) in [5.41, 5.74) is 1.78. The number of pyridine rings is 2. The van der Waals surface area contributed by atoms with E-state index in [-0.39, 0.29) is 47.2 Å². The minimum Gasteiger partial charge on any atom is -0.493 e. The summed E-state index contributed by atoms with van der Waals surface area (Å²) in [4.78, 5) is 79.9. The number of hydrogen-bond donors (Lipinski definition) is 4. The lowest BCUT2D eigenvalue weighted by atomic mass is 10.2. The average molecular weight is 919 g/mol. The highest BCUT2D eigenvalue weighted by atomic mass is 32.2. The van der Waals surface area contributed by atoms with Crippen LogP contribution in [0.2, 0.25) is 0 Å². The van der Waals surface area contributed by atoms with E-state index >= 15 is 0 Å². The predicted molar refractivity (Wildman–Crippen MR) is 239 cm³/mol. The molecule has 64 heavy (non-hydrogen) atoms. The van der Waals surface area contributed by atoms with E-state index < -0.39 is 11.9 Å². The largest absolute Gasteiger partial charge is 0.493 e. The van der Waals surface area contributed by atoms with Crippen LogP contribution in [0.15, 0.2) is 110 Å². The van der Waals surface area contributed by atoms with E-state index in [2.05, 4.69) is 20.6 Å². The number of aliphatic carboxylic acids is 2. The second-order valence-electron chi connectivity index (χ2n) is 13.4. The number of nitrogens with one attached hydrogen (secondary N) is 2. The van der Waals surface area contributed by atoms with E-state index in [1.807, 2.05) is 60.7 Å². The van der Waals surface area contributed by atoms with E-state index in [9.17, 15) is 28.8 Å². The number of hydrogen-bond acceptors (Lipinski definition) is 14. The van der Waals surface area contributed by atoms with E-state index in [1.165, 1.54) is 0 Å². The first kappa shape index (κ1) is 49.9. The molecule has 0 spiro atoms. The zero-order valence-corrected chi connectivity index (χ0v) is 36.8. The SMILES string of the molecule is COc1ccccc1OCC1SCCN1C(=O)CC(=O)NCc1cccnc1.COc1ccccc1OCC1SCCN1C(=O)CC(=O)NCc1cccnc1.O=C(O)/C=C/C(=O)O. The molecule has 2 atom stereocenters. The van der Waals surface area contributed by atoms with E-state index in [0.29, 0.717) is 74.5 Å². The van der Waals surface area contributed by atoms with Crippen LogP contribution in [0.4, 0.5) is 0 Å². The Labute approximate surface area is 378 Å². The maximum absolute atomic E-state index is 12.6. The molecule has 20 heteroatoms. The Kier molecular flexibility index (Phi) is 21.3. The molecule has 0 saturated carbocycles. The van der Waals surface area contributed by atoms with Gasteiger partial charge in [-0.3, -0.25) is 29.1 Å². The van der Waals surface area contributed by atoms with Crippen LogP contribution in [0, 0.1) is 0 Å². The molecule has 340 valence electrons. The number of ether oxygens (including phenoxy) is 4. The second-order valence-corrected chi connectivity index (χ2v) is 16.0. The molecule has 2 aliphatic rings. The number of benzene rings is 2. The topological polar surface area (TPSA) is 236 Å². The van der Waals surface area contributed by atoms with Crippen LogP contribution >= 0.6 is 23.5 Å². The number of nitrogens with zero attached hydrogens (tertiary/aromatic N) is 4. The summed E-state index contributed by atoms with van der Waals surface area (Å²) >= 11 is 3.30. The monoisotopic (exact) mass is 918 g/mol. The summed E-state index contributed by atoms with van der Waals surface area (Å²) in [6, 6.07) is 22.2.